The molecule has 6 aromatic rings. The number of carbonyl (C=O) groups is 2. The molecule has 2 aliphatic rings. The molecule has 1 atom stereocenters. The number of anilines is 2. The zero-order chi connectivity index (χ0) is 35.9. The van der Waals surface area contributed by atoms with E-state index in [1.807, 2.05) is 96.2 Å². The molecule has 0 unspecified atom stereocenters. The number of fused-ring (bicyclic) bond motifs is 1. The Labute approximate surface area is 316 Å². The van der Waals surface area contributed by atoms with Crippen molar-refractivity contribution in [3.63, 3.8) is 0 Å². The standard InChI is InChI=1S/C40H36Cl3N7O2/c1-24(25-7-9-27(41)10-8-25)50-23-45-36(26-5-3-2-4-6-26)38(50)35-31-13-11-28(42)21-32(31)46-37(35)39(51)47-33-22-29(43)12-14-34(33)48-18-15-30(16-19-48)49-20-17-44-40(49)52/h2-14,21-24,30,46H,15-20H2,1H3,(H,44,52)(H,47,51)/t24-/m0/s1. The number of carbonyl (C=O) groups excluding carboxylic acids is 2. The number of urea groups is 1. The van der Waals surface area contributed by atoms with Gasteiger partial charge in [0.15, 0.2) is 0 Å². The third-order valence-corrected chi connectivity index (χ3v) is 10.9. The molecule has 9 nitrogen and oxygen atoms in total. The molecular formula is C40H36Cl3N7O2. The summed E-state index contributed by atoms with van der Waals surface area (Å²) in [6.45, 7) is 4.98. The quantitative estimate of drug-likeness (QED) is 0.144. The lowest BCUT2D eigenvalue weighted by molar-refractivity contribution is 0.102. The molecule has 4 aromatic carbocycles. The Hall–Kier alpha value is -4.96. The number of hydrogen-bond donors (Lipinski definition) is 3. The molecule has 0 radical (unpaired) electrons. The van der Waals surface area contributed by atoms with Gasteiger partial charge >= 0.3 is 6.03 Å². The fourth-order valence-corrected chi connectivity index (χ4v) is 7.99. The number of hydrogen-bond acceptors (Lipinski definition) is 4. The molecule has 0 saturated carbocycles. The van der Waals surface area contributed by atoms with Crippen LogP contribution in [-0.2, 0) is 0 Å². The molecule has 264 valence electrons. The first-order chi connectivity index (χ1) is 25.2. The Kier molecular flexibility index (Phi) is 9.34. The van der Waals surface area contributed by atoms with Gasteiger partial charge < -0.3 is 30.0 Å². The molecular weight excluding hydrogens is 717 g/mol. The number of imidazole rings is 1. The van der Waals surface area contributed by atoms with Gasteiger partial charge in [-0.3, -0.25) is 4.79 Å². The molecule has 3 amide bonds. The van der Waals surface area contributed by atoms with Gasteiger partial charge in [-0.25, -0.2) is 9.78 Å². The van der Waals surface area contributed by atoms with Crippen LogP contribution in [0.15, 0.2) is 97.3 Å². The Bertz CT molecular complexity index is 2280. The molecule has 8 rings (SSSR count). The van der Waals surface area contributed by atoms with Crippen molar-refractivity contribution in [2.45, 2.75) is 31.8 Å². The summed E-state index contributed by atoms with van der Waals surface area (Å²) >= 11 is 19.3. The maximum Gasteiger partial charge on any atom is 0.317 e. The molecule has 0 aliphatic carbocycles. The van der Waals surface area contributed by atoms with Gasteiger partial charge in [0, 0.05) is 69.3 Å². The summed E-state index contributed by atoms with van der Waals surface area (Å²) in [7, 11) is 0. The summed E-state index contributed by atoms with van der Waals surface area (Å²) in [6, 6.07) is 28.9. The Balaban J connectivity index is 1.21. The molecule has 52 heavy (non-hydrogen) atoms. The van der Waals surface area contributed by atoms with Crippen LogP contribution in [0.2, 0.25) is 15.1 Å². The average molecular weight is 753 g/mol. The fourth-order valence-electron chi connectivity index (χ4n) is 7.52. The van der Waals surface area contributed by atoms with E-state index in [2.05, 4.69) is 32.0 Å². The molecule has 12 heteroatoms. The van der Waals surface area contributed by atoms with E-state index in [-0.39, 0.29) is 24.0 Å². The number of nitrogens with zero attached hydrogens (tertiary/aromatic N) is 4. The minimum atomic E-state index is -0.333. The maximum atomic E-state index is 14.7. The topological polar surface area (TPSA) is 98.3 Å². The van der Waals surface area contributed by atoms with Crippen molar-refractivity contribution in [3.05, 3.63) is 124 Å². The number of nitrogens with one attached hydrogen (secondary N) is 3. The monoisotopic (exact) mass is 751 g/mol. The fraction of sp³-hybridized carbons (Fsp3) is 0.225. The third kappa shape index (κ3) is 6.49. The van der Waals surface area contributed by atoms with Gasteiger partial charge in [0.25, 0.3) is 5.91 Å². The molecule has 0 bridgehead atoms. The second-order valence-electron chi connectivity index (χ2n) is 13.3. The van der Waals surface area contributed by atoms with Crippen molar-refractivity contribution in [1.29, 1.82) is 0 Å². The lowest BCUT2D eigenvalue weighted by atomic mass is 9.99. The van der Waals surface area contributed by atoms with Crippen LogP contribution in [0.4, 0.5) is 16.2 Å². The van der Waals surface area contributed by atoms with Gasteiger partial charge in [0.1, 0.15) is 5.69 Å². The van der Waals surface area contributed by atoms with Crippen LogP contribution in [0, 0.1) is 0 Å². The van der Waals surface area contributed by atoms with Crippen molar-refractivity contribution < 1.29 is 9.59 Å². The van der Waals surface area contributed by atoms with Gasteiger partial charge in [0.2, 0.25) is 0 Å². The van der Waals surface area contributed by atoms with E-state index in [1.165, 1.54) is 0 Å². The summed E-state index contributed by atoms with van der Waals surface area (Å²) < 4.78 is 2.11. The van der Waals surface area contributed by atoms with Gasteiger partial charge in [-0.15, -0.1) is 0 Å². The molecule has 4 heterocycles. The van der Waals surface area contributed by atoms with Gasteiger partial charge in [-0.1, -0.05) is 83.3 Å². The first-order valence-electron chi connectivity index (χ1n) is 17.3. The maximum absolute atomic E-state index is 14.7. The third-order valence-electron chi connectivity index (χ3n) is 10.2. The highest BCUT2D eigenvalue weighted by Gasteiger charge is 2.32. The minimum absolute atomic E-state index is 0.00708. The Morgan fingerprint density at radius 2 is 1.60 bits per heavy atom. The highest BCUT2D eigenvalue weighted by Crippen LogP contribution is 2.42. The number of H-pyrrole nitrogens is 1. The number of amides is 3. The summed E-state index contributed by atoms with van der Waals surface area (Å²) in [5.74, 6) is -0.333. The van der Waals surface area contributed by atoms with E-state index < -0.39 is 0 Å². The van der Waals surface area contributed by atoms with E-state index in [9.17, 15) is 9.59 Å². The van der Waals surface area contributed by atoms with Crippen molar-refractivity contribution in [2.75, 3.05) is 36.4 Å². The van der Waals surface area contributed by atoms with Crippen LogP contribution in [0.3, 0.4) is 0 Å². The zero-order valence-electron chi connectivity index (χ0n) is 28.4. The highest BCUT2D eigenvalue weighted by atomic mass is 35.5. The van der Waals surface area contributed by atoms with Crippen molar-refractivity contribution >= 4 is 69.0 Å². The highest BCUT2D eigenvalue weighted by molar-refractivity contribution is 6.32. The van der Waals surface area contributed by atoms with Crippen LogP contribution in [0.5, 0.6) is 0 Å². The molecule has 2 saturated heterocycles. The van der Waals surface area contributed by atoms with Crippen molar-refractivity contribution in [1.82, 2.24) is 24.8 Å². The normalized spacial score (nSPS) is 15.7. The van der Waals surface area contributed by atoms with Gasteiger partial charge in [0.05, 0.1) is 35.1 Å². The number of aromatic nitrogens is 3. The first-order valence-corrected chi connectivity index (χ1v) is 18.5. The molecule has 3 N–H and O–H groups in total. The lowest BCUT2D eigenvalue weighted by Gasteiger charge is -2.38. The number of rotatable bonds is 8. The van der Waals surface area contributed by atoms with Crippen LogP contribution in [-0.4, -0.2) is 63.6 Å². The second-order valence-corrected chi connectivity index (χ2v) is 14.6. The van der Waals surface area contributed by atoms with Gasteiger partial charge in [-0.05, 0) is 67.8 Å². The van der Waals surface area contributed by atoms with Crippen LogP contribution in [0.1, 0.15) is 41.9 Å². The van der Waals surface area contributed by atoms with Gasteiger partial charge in [-0.2, -0.15) is 0 Å². The number of aromatic amines is 1. The van der Waals surface area contributed by atoms with E-state index >= 15 is 0 Å². The minimum Gasteiger partial charge on any atom is -0.370 e. The summed E-state index contributed by atoms with van der Waals surface area (Å²) in [6.07, 6.45) is 3.49. The average Bonchev–Trinajstić information content (AvgIpc) is 3.88. The molecule has 2 fully saturated rings. The predicted molar refractivity (Wildman–Crippen MR) is 210 cm³/mol. The number of halogens is 3. The van der Waals surface area contributed by atoms with E-state index in [1.54, 1.807) is 6.07 Å². The Morgan fingerprint density at radius 3 is 2.33 bits per heavy atom. The van der Waals surface area contributed by atoms with E-state index in [0.717, 1.165) is 71.6 Å². The molecule has 0 spiro atoms. The van der Waals surface area contributed by atoms with Crippen LogP contribution < -0.4 is 15.5 Å². The number of piperidine rings is 1. The SMILES string of the molecule is C[C@@H](c1ccc(Cl)cc1)n1cnc(-c2ccccc2)c1-c1c(C(=O)Nc2cc(Cl)ccc2N2CCC(N3CCNC3=O)CC2)[nH]c2cc(Cl)ccc12. The first kappa shape index (κ1) is 34.1. The van der Waals surface area contributed by atoms with Crippen molar-refractivity contribution in [3.8, 4) is 22.5 Å². The number of benzene rings is 4. The predicted octanol–water partition coefficient (Wildman–Crippen LogP) is 9.51. The second kappa shape index (κ2) is 14.2. The van der Waals surface area contributed by atoms with Crippen LogP contribution >= 0.6 is 34.8 Å². The van der Waals surface area contributed by atoms with Crippen LogP contribution in [0.25, 0.3) is 33.4 Å². The molecule has 2 aromatic heterocycles. The Morgan fingerprint density at radius 1 is 0.885 bits per heavy atom. The smallest absolute Gasteiger partial charge is 0.317 e. The summed E-state index contributed by atoms with van der Waals surface area (Å²) in [5.41, 5.74) is 6.74. The van der Waals surface area contributed by atoms with Crippen molar-refractivity contribution in [2.24, 2.45) is 0 Å². The molecule has 2 aliphatic heterocycles. The zero-order valence-corrected chi connectivity index (χ0v) is 30.6. The lowest BCUT2D eigenvalue weighted by Crippen LogP contribution is -2.46. The summed E-state index contributed by atoms with van der Waals surface area (Å²) in [5, 5.41) is 8.67. The van der Waals surface area contributed by atoms with E-state index in [4.69, 9.17) is 39.8 Å². The summed E-state index contributed by atoms with van der Waals surface area (Å²) in [4.78, 5) is 39.6. The van der Waals surface area contributed by atoms with E-state index in [0.29, 0.717) is 38.6 Å². The largest absolute Gasteiger partial charge is 0.370 e.